The van der Waals surface area contributed by atoms with E-state index in [0.717, 1.165) is 53.8 Å². The Labute approximate surface area is 147 Å². The monoisotopic (exact) mass is 347 g/mol. The number of carbonyl (C=O) groups excluding carboxylic acids is 1. The van der Waals surface area contributed by atoms with Crippen LogP contribution in [0.2, 0.25) is 0 Å². The maximum atomic E-state index is 12.6. The molecular weight excluding hydrogens is 322 g/mol. The zero-order chi connectivity index (χ0) is 17.1. The normalized spacial score (nSPS) is 17.2. The quantitative estimate of drug-likeness (QED) is 0.838. The lowest BCUT2D eigenvalue weighted by Crippen LogP contribution is -2.41. The molecule has 3 rings (SSSR count). The largest absolute Gasteiger partial charge is 0.494 e. The van der Waals surface area contributed by atoms with Crippen molar-refractivity contribution in [3.63, 3.8) is 0 Å². The number of aromatic amines is 1. The average Bonchev–Trinajstić information content (AvgIpc) is 2.96. The van der Waals surface area contributed by atoms with Gasteiger partial charge in [-0.2, -0.15) is 0 Å². The summed E-state index contributed by atoms with van der Waals surface area (Å²) in [7, 11) is 0. The summed E-state index contributed by atoms with van der Waals surface area (Å²) in [4.78, 5) is 22.5. The first-order valence-corrected chi connectivity index (χ1v) is 9.52. The van der Waals surface area contributed by atoms with Crippen LogP contribution >= 0.6 is 11.8 Å². The van der Waals surface area contributed by atoms with E-state index in [1.54, 1.807) is 0 Å². The number of likely N-dealkylation sites (tertiary alicyclic amines) is 1. The number of thioether (sulfide) groups is 1. The summed E-state index contributed by atoms with van der Waals surface area (Å²) in [5.41, 5.74) is 1.84. The van der Waals surface area contributed by atoms with E-state index in [1.807, 2.05) is 36.9 Å². The number of rotatable bonds is 5. The molecule has 1 N–H and O–H groups in total. The highest BCUT2D eigenvalue weighted by Gasteiger charge is 2.25. The zero-order valence-electron chi connectivity index (χ0n) is 14.5. The van der Waals surface area contributed by atoms with E-state index in [9.17, 15) is 4.79 Å². The molecule has 2 aromatic rings. The minimum atomic E-state index is -0.134. The fourth-order valence-electron chi connectivity index (χ4n) is 2.98. The molecule has 0 radical (unpaired) electrons. The van der Waals surface area contributed by atoms with Gasteiger partial charge in [0.2, 0.25) is 5.91 Å². The van der Waals surface area contributed by atoms with Crippen LogP contribution in [0.4, 0.5) is 0 Å². The van der Waals surface area contributed by atoms with Crippen LogP contribution in [-0.2, 0) is 4.79 Å². The Kier molecular flexibility index (Phi) is 5.33. The first kappa shape index (κ1) is 17.1. The molecule has 6 heteroatoms. The highest BCUT2D eigenvalue weighted by molar-refractivity contribution is 8.00. The number of aromatic nitrogens is 2. The molecule has 1 aliphatic heterocycles. The molecule has 1 saturated heterocycles. The standard InChI is InChI=1S/C18H25N3O2S/c1-4-23-14-5-6-15-16(11-14)20-18(19-15)24-13(3)17(22)21-9-7-12(2)8-10-21/h5-6,11-13H,4,7-10H2,1-3H3,(H,19,20). The number of benzene rings is 1. The highest BCUT2D eigenvalue weighted by atomic mass is 32.2. The van der Waals surface area contributed by atoms with Crippen molar-refractivity contribution in [1.29, 1.82) is 0 Å². The highest BCUT2D eigenvalue weighted by Crippen LogP contribution is 2.27. The molecule has 0 spiro atoms. The van der Waals surface area contributed by atoms with Crippen molar-refractivity contribution in [2.75, 3.05) is 19.7 Å². The van der Waals surface area contributed by atoms with E-state index in [2.05, 4.69) is 16.9 Å². The number of fused-ring (bicyclic) bond motifs is 1. The number of piperidine rings is 1. The van der Waals surface area contributed by atoms with Gasteiger partial charge in [-0.1, -0.05) is 18.7 Å². The van der Waals surface area contributed by atoms with Crippen molar-refractivity contribution in [3.8, 4) is 5.75 Å². The smallest absolute Gasteiger partial charge is 0.235 e. The van der Waals surface area contributed by atoms with Crippen LogP contribution in [-0.4, -0.2) is 45.7 Å². The van der Waals surface area contributed by atoms with E-state index >= 15 is 0 Å². The molecule has 130 valence electrons. The Hall–Kier alpha value is -1.69. The Bertz CT molecular complexity index is 707. The van der Waals surface area contributed by atoms with Crippen molar-refractivity contribution < 1.29 is 9.53 Å². The number of amides is 1. The molecule has 1 unspecified atom stereocenters. The van der Waals surface area contributed by atoms with E-state index in [4.69, 9.17) is 4.74 Å². The molecular formula is C18H25N3O2S. The second-order valence-electron chi connectivity index (χ2n) is 6.42. The lowest BCUT2D eigenvalue weighted by molar-refractivity contribution is -0.131. The van der Waals surface area contributed by atoms with Crippen LogP contribution < -0.4 is 4.74 Å². The Balaban J connectivity index is 1.66. The first-order chi connectivity index (χ1) is 11.6. The van der Waals surface area contributed by atoms with Gasteiger partial charge >= 0.3 is 0 Å². The molecule has 5 nitrogen and oxygen atoms in total. The van der Waals surface area contributed by atoms with Gasteiger partial charge in [0.25, 0.3) is 0 Å². The van der Waals surface area contributed by atoms with Crippen molar-refractivity contribution in [1.82, 2.24) is 14.9 Å². The molecule has 1 aromatic carbocycles. The predicted octanol–water partition coefficient (Wildman–Crippen LogP) is 3.70. The first-order valence-electron chi connectivity index (χ1n) is 8.65. The van der Waals surface area contributed by atoms with Gasteiger partial charge in [0.1, 0.15) is 5.75 Å². The molecule has 2 heterocycles. The third-order valence-corrected chi connectivity index (χ3v) is 5.45. The molecule has 1 aliphatic rings. The number of imidazole rings is 1. The molecule has 0 bridgehead atoms. The number of hydrogen-bond donors (Lipinski definition) is 1. The second kappa shape index (κ2) is 7.47. The third-order valence-electron chi connectivity index (χ3n) is 4.47. The third kappa shape index (κ3) is 3.86. The summed E-state index contributed by atoms with van der Waals surface area (Å²) in [5, 5.41) is 0.648. The number of ether oxygens (including phenoxy) is 1. The lowest BCUT2D eigenvalue weighted by atomic mass is 9.99. The van der Waals surface area contributed by atoms with E-state index in [-0.39, 0.29) is 11.2 Å². The average molecular weight is 347 g/mol. The zero-order valence-corrected chi connectivity index (χ0v) is 15.4. The molecule has 1 aromatic heterocycles. The second-order valence-corrected chi connectivity index (χ2v) is 7.75. The molecule has 1 atom stereocenters. The van der Waals surface area contributed by atoms with Gasteiger partial charge in [-0.25, -0.2) is 4.98 Å². The summed E-state index contributed by atoms with van der Waals surface area (Å²) in [5.74, 6) is 1.77. The fourth-order valence-corrected chi connectivity index (χ4v) is 3.89. The number of carbonyl (C=O) groups is 1. The van der Waals surface area contributed by atoms with E-state index < -0.39 is 0 Å². The molecule has 1 fully saturated rings. The maximum absolute atomic E-state index is 12.6. The summed E-state index contributed by atoms with van der Waals surface area (Å²) >= 11 is 1.49. The Morgan fingerprint density at radius 2 is 2.21 bits per heavy atom. The molecule has 1 amide bonds. The number of nitrogens with one attached hydrogen (secondary N) is 1. The minimum absolute atomic E-state index is 0.134. The van der Waals surface area contributed by atoms with Gasteiger partial charge < -0.3 is 14.6 Å². The molecule has 0 aliphatic carbocycles. The lowest BCUT2D eigenvalue weighted by Gasteiger charge is -2.31. The van der Waals surface area contributed by atoms with Crippen LogP contribution in [0.25, 0.3) is 11.0 Å². The Morgan fingerprint density at radius 1 is 1.46 bits per heavy atom. The molecule has 0 saturated carbocycles. The Morgan fingerprint density at radius 3 is 2.92 bits per heavy atom. The van der Waals surface area contributed by atoms with Crippen molar-refractivity contribution in [2.45, 2.75) is 44.0 Å². The van der Waals surface area contributed by atoms with Crippen molar-refractivity contribution >= 4 is 28.7 Å². The SMILES string of the molecule is CCOc1ccc2nc(SC(C)C(=O)N3CCC(C)CC3)[nH]c2c1. The van der Waals surface area contributed by atoms with Crippen molar-refractivity contribution in [3.05, 3.63) is 18.2 Å². The molecule has 24 heavy (non-hydrogen) atoms. The van der Waals surface area contributed by atoms with E-state index in [1.165, 1.54) is 11.8 Å². The number of H-pyrrole nitrogens is 1. The fraction of sp³-hybridized carbons (Fsp3) is 0.556. The van der Waals surface area contributed by atoms with E-state index in [0.29, 0.717) is 6.61 Å². The van der Waals surface area contributed by atoms with Gasteiger partial charge in [-0.3, -0.25) is 4.79 Å². The van der Waals surface area contributed by atoms with Gasteiger partial charge in [-0.05, 0) is 44.7 Å². The minimum Gasteiger partial charge on any atom is -0.494 e. The summed E-state index contributed by atoms with van der Waals surface area (Å²) in [6.07, 6.45) is 2.21. The summed E-state index contributed by atoms with van der Waals surface area (Å²) in [6.45, 7) is 8.58. The van der Waals surface area contributed by atoms with Gasteiger partial charge in [0, 0.05) is 19.2 Å². The van der Waals surface area contributed by atoms with Crippen LogP contribution in [0, 0.1) is 5.92 Å². The van der Waals surface area contributed by atoms with Crippen molar-refractivity contribution in [2.24, 2.45) is 5.92 Å². The van der Waals surface area contributed by atoms with Gasteiger partial charge in [-0.15, -0.1) is 0 Å². The van der Waals surface area contributed by atoms with Crippen LogP contribution in [0.3, 0.4) is 0 Å². The van der Waals surface area contributed by atoms with Gasteiger partial charge in [0.05, 0.1) is 22.9 Å². The van der Waals surface area contributed by atoms with Crippen LogP contribution in [0.5, 0.6) is 5.75 Å². The maximum Gasteiger partial charge on any atom is 0.235 e. The number of nitrogens with zero attached hydrogens (tertiary/aromatic N) is 2. The summed E-state index contributed by atoms with van der Waals surface area (Å²) < 4.78 is 5.52. The van der Waals surface area contributed by atoms with Gasteiger partial charge in [0.15, 0.2) is 5.16 Å². The number of hydrogen-bond acceptors (Lipinski definition) is 4. The topological polar surface area (TPSA) is 58.2 Å². The predicted molar refractivity (Wildman–Crippen MR) is 97.6 cm³/mol. The summed E-state index contributed by atoms with van der Waals surface area (Å²) in [6, 6.07) is 5.82. The van der Waals surface area contributed by atoms with Crippen LogP contribution in [0.15, 0.2) is 23.4 Å². The van der Waals surface area contributed by atoms with Crippen LogP contribution in [0.1, 0.15) is 33.6 Å².